The van der Waals surface area contributed by atoms with Gasteiger partial charge in [0, 0.05) is 38.2 Å². The van der Waals surface area contributed by atoms with Gasteiger partial charge in [0.2, 0.25) is 10.0 Å². The van der Waals surface area contributed by atoms with Crippen molar-refractivity contribution in [1.82, 2.24) is 4.31 Å². The summed E-state index contributed by atoms with van der Waals surface area (Å²) in [6, 6.07) is 4.23. The summed E-state index contributed by atoms with van der Waals surface area (Å²) in [6.45, 7) is 3.83. The minimum absolute atomic E-state index is 0.0195. The average Bonchev–Trinajstić information content (AvgIpc) is 2.97. The molecule has 0 bridgehead atoms. The summed E-state index contributed by atoms with van der Waals surface area (Å²) in [5.41, 5.74) is 0.229. The molecule has 2 aliphatic rings. The molecule has 2 atom stereocenters. The molecule has 0 amide bonds. The van der Waals surface area contributed by atoms with Crippen molar-refractivity contribution < 1.29 is 18.4 Å². The van der Waals surface area contributed by atoms with Crippen LogP contribution in [0.5, 0.6) is 0 Å². The number of nitro groups is 1. The molecule has 9 heteroatoms. The molecule has 2 heterocycles. The van der Waals surface area contributed by atoms with Gasteiger partial charge in [0.1, 0.15) is 5.69 Å². The summed E-state index contributed by atoms with van der Waals surface area (Å²) in [5, 5.41) is 21.6. The third-order valence-corrected chi connectivity index (χ3v) is 7.72. The third-order valence-electron chi connectivity index (χ3n) is 5.83. The van der Waals surface area contributed by atoms with Crippen molar-refractivity contribution in [2.75, 3.05) is 31.1 Å². The third kappa shape index (κ3) is 4.47. The second-order valence-corrected chi connectivity index (χ2v) is 9.75. The fraction of sp³-hybridized carbons (Fsp3) is 0.684. The Labute approximate surface area is 166 Å². The Morgan fingerprint density at radius 2 is 1.82 bits per heavy atom. The number of nitro benzene ring substituents is 1. The SMILES string of the molecule is CC(O)C1CCCN(c2ccc(S(=O)(=O)N3CCCCCC3)cc2[N+](=O)[O-])C1. The van der Waals surface area contributed by atoms with E-state index in [1.54, 1.807) is 13.0 Å². The largest absolute Gasteiger partial charge is 0.393 e. The van der Waals surface area contributed by atoms with Gasteiger partial charge in [0.15, 0.2) is 0 Å². The van der Waals surface area contributed by atoms with E-state index in [0.29, 0.717) is 31.9 Å². The van der Waals surface area contributed by atoms with Gasteiger partial charge in [0.25, 0.3) is 5.69 Å². The van der Waals surface area contributed by atoms with Gasteiger partial charge in [-0.05, 0) is 44.7 Å². The number of piperidine rings is 1. The lowest BCUT2D eigenvalue weighted by molar-refractivity contribution is -0.384. The smallest absolute Gasteiger partial charge is 0.293 e. The van der Waals surface area contributed by atoms with Crippen LogP contribution in [0.2, 0.25) is 0 Å². The molecule has 28 heavy (non-hydrogen) atoms. The molecule has 0 aromatic heterocycles. The Morgan fingerprint density at radius 1 is 1.14 bits per heavy atom. The molecule has 1 N–H and O–H groups in total. The van der Waals surface area contributed by atoms with Crippen LogP contribution >= 0.6 is 0 Å². The Hall–Kier alpha value is -1.71. The van der Waals surface area contributed by atoms with E-state index >= 15 is 0 Å². The van der Waals surface area contributed by atoms with Crippen LogP contribution in [0, 0.1) is 16.0 Å². The van der Waals surface area contributed by atoms with E-state index in [0.717, 1.165) is 38.5 Å². The number of aliphatic hydroxyl groups excluding tert-OH is 1. The number of rotatable bonds is 5. The van der Waals surface area contributed by atoms with Crippen molar-refractivity contribution in [3.8, 4) is 0 Å². The zero-order valence-electron chi connectivity index (χ0n) is 16.3. The topological polar surface area (TPSA) is 104 Å². The maximum absolute atomic E-state index is 13.0. The monoisotopic (exact) mass is 411 g/mol. The zero-order valence-corrected chi connectivity index (χ0v) is 17.1. The van der Waals surface area contributed by atoms with Gasteiger partial charge >= 0.3 is 0 Å². The molecular weight excluding hydrogens is 382 g/mol. The molecule has 8 nitrogen and oxygen atoms in total. The van der Waals surface area contributed by atoms with Crippen molar-refractivity contribution in [1.29, 1.82) is 0 Å². The summed E-state index contributed by atoms with van der Waals surface area (Å²) in [5.74, 6) is 0.0499. The molecule has 0 aliphatic carbocycles. The van der Waals surface area contributed by atoms with Crippen LogP contribution in [0.3, 0.4) is 0 Å². The summed E-state index contributed by atoms with van der Waals surface area (Å²) in [6.07, 6.45) is 4.87. The van der Waals surface area contributed by atoms with Crippen LogP contribution < -0.4 is 4.90 Å². The predicted octanol–water partition coefficient (Wildman–Crippen LogP) is 2.76. The normalized spacial score (nSPS) is 23.2. The van der Waals surface area contributed by atoms with Crippen molar-refractivity contribution in [2.24, 2.45) is 5.92 Å². The molecular formula is C19H29N3O5S. The standard InChI is InChI=1S/C19H29N3O5S/c1-15(23)16-7-6-10-20(14-16)18-9-8-17(13-19(18)22(24)25)28(26,27)21-11-4-2-3-5-12-21/h8-9,13,15-16,23H,2-7,10-12,14H2,1H3. The van der Waals surface area contributed by atoms with Gasteiger partial charge < -0.3 is 10.0 Å². The molecule has 1 aromatic carbocycles. The number of nitrogens with zero attached hydrogens (tertiary/aromatic N) is 3. The summed E-state index contributed by atoms with van der Waals surface area (Å²) < 4.78 is 27.4. The van der Waals surface area contributed by atoms with Crippen molar-refractivity contribution in [3.05, 3.63) is 28.3 Å². The Balaban J connectivity index is 1.92. The van der Waals surface area contributed by atoms with Crippen molar-refractivity contribution in [3.63, 3.8) is 0 Å². The lowest BCUT2D eigenvalue weighted by Crippen LogP contribution is -2.39. The van der Waals surface area contributed by atoms with Gasteiger partial charge in [0.05, 0.1) is 15.9 Å². The van der Waals surface area contributed by atoms with Gasteiger partial charge in [-0.1, -0.05) is 12.8 Å². The second-order valence-electron chi connectivity index (χ2n) is 7.81. The highest BCUT2D eigenvalue weighted by Crippen LogP contribution is 2.35. The number of anilines is 1. The van der Waals surface area contributed by atoms with E-state index in [4.69, 9.17) is 0 Å². The molecule has 0 radical (unpaired) electrons. The number of benzene rings is 1. The van der Waals surface area contributed by atoms with E-state index in [1.807, 2.05) is 4.90 Å². The zero-order chi connectivity index (χ0) is 20.3. The maximum atomic E-state index is 13.0. The van der Waals surface area contributed by atoms with Gasteiger partial charge in [-0.2, -0.15) is 4.31 Å². The number of sulfonamides is 1. The fourth-order valence-corrected chi connectivity index (χ4v) is 5.67. The average molecular weight is 412 g/mol. The van der Waals surface area contributed by atoms with Crippen LogP contribution in [0.25, 0.3) is 0 Å². The van der Waals surface area contributed by atoms with Crippen LogP contribution in [-0.4, -0.2) is 55.0 Å². The Morgan fingerprint density at radius 3 is 2.43 bits per heavy atom. The molecule has 3 rings (SSSR count). The minimum Gasteiger partial charge on any atom is -0.393 e. The first kappa shape index (κ1) is 21.0. The number of hydrogen-bond acceptors (Lipinski definition) is 6. The quantitative estimate of drug-likeness (QED) is 0.590. The molecule has 156 valence electrons. The first-order valence-corrected chi connectivity index (χ1v) is 11.5. The lowest BCUT2D eigenvalue weighted by Gasteiger charge is -2.35. The van der Waals surface area contributed by atoms with Gasteiger partial charge in [-0.25, -0.2) is 8.42 Å². The molecule has 0 saturated carbocycles. The molecule has 2 fully saturated rings. The van der Waals surface area contributed by atoms with Crippen molar-refractivity contribution in [2.45, 2.75) is 56.4 Å². The maximum Gasteiger partial charge on any atom is 0.293 e. The molecule has 2 unspecified atom stereocenters. The number of hydrogen-bond donors (Lipinski definition) is 1. The molecule has 0 spiro atoms. The lowest BCUT2D eigenvalue weighted by atomic mass is 9.93. The summed E-state index contributed by atoms with van der Waals surface area (Å²) in [7, 11) is -3.74. The van der Waals surface area contributed by atoms with Crippen LogP contribution in [-0.2, 0) is 10.0 Å². The van der Waals surface area contributed by atoms with Crippen LogP contribution in [0.1, 0.15) is 45.4 Å². The Bertz CT molecular complexity index is 804. The molecule has 1 aromatic rings. The number of aliphatic hydroxyl groups is 1. The molecule has 2 saturated heterocycles. The summed E-state index contributed by atoms with van der Waals surface area (Å²) >= 11 is 0. The van der Waals surface area contributed by atoms with Crippen LogP contribution in [0.4, 0.5) is 11.4 Å². The van der Waals surface area contributed by atoms with E-state index in [1.165, 1.54) is 16.4 Å². The van der Waals surface area contributed by atoms with E-state index in [2.05, 4.69) is 0 Å². The van der Waals surface area contributed by atoms with E-state index < -0.39 is 21.1 Å². The first-order valence-electron chi connectivity index (χ1n) is 10.0. The highest BCUT2D eigenvalue weighted by atomic mass is 32.2. The predicted molar refractivity (Wildman–Crippen MR) is 107 cm³/mol. The minimum atomic E-state index is -3.74. The highest BCUT2D eigenvalue weighted by Gasteiger charge is 2.31. The highest BCUT2D eigenvalue weighted by molar-refractivity contribution is 7.89. The van der Waals surface area contributed by atoms with Crippen LogP contribution in [0.15, 0.2) is 23.1 Å². The van der Waals surface area contributed by atoms with Crippen molar-refractivity contribution >= 4 is 21.4 Å². The summed E-state index contributed by atoms with van der Waals surface area (Å²) in [4.78, 5) is 13.1. The second kappa shape index (κ2) is 8.75. The Kier molecular flexibility index (Phi) is 6.57. The van der Waals surface area contributed by atoms with E-state index in [-0.39, 0.29) is 16.5 Å². The van der Waals surface area contributed by atoms with Gasteiger partial charge in [-0.3, -0.25) is 10.1 Å². The molecule has 2 aliphatic heterocycles. The van der Waals surface area contributed by atoms with Gasteiger partial charge in [-0.15, -0.1) is 0 Å². The first-order chi connectivity index (χ1) is 13.3. The van der Waals surface area contributed by atoms with E-state index in [9.17, 15) is 23.6 Å². The fourth-order valence-electron chi connectivity index (χ4n) is 4.13.